The van der Waals surface area contributed by atoms with Crippen LogP contribution in [-0.2, 0) is 4.79 Å². The van der Waals surface area contributed by atoms with Gasteiger partial charge in [-0.05, 0) is 32.1 Å². The fourth-order valence-corrected chi connectivity index (χ4v) is 2.14. The van der Waals surface area contributed by atoms with Crippen molar-refractivity contribution in [3.05, 3.63) is 0 Å². The summed E-state index contributed by atoms with van der Waals surface area (Å²) in [4.78, 5) is 10.9. The first-order chi connectivity index (χ1) is 5.75. The number of Topliss-reactive ketones (excluding diaryl/α,β-unsaturated/α-hetero) is 1. The van der Waals surface area contributed by atoms with Crippen LogP contribution in [0.5, 0.6) is 0 Å². The first kappa shape index (κ1) is 10.2. The summed E-state index contributed by atoms with van der Waals surface area (Å²) in [7, 11) is 0. The van der Waals surface area contributed by atoms with Crippen LogP contribution in [0, 0.1) is 11.8 Å². The summed E-state index contributed by atoms with van der Waals surface area (Å²) in [5, 5.41) is 1.12. The molecule has 1 aliphatic carbocycles. The Morgan fingerprint density at radius 2 is 2.17 bits per heavy atom. The van der Waals surface area contributed by atoms with Crippen LogP contribution in [0.4, 0.5) is 0 Å². The van der Waals surface area contributed by atoms with Crippen LogP contribution >= 0.6 is 15.9 Å². The minimum atomic E-state index is 0.403. The normalized spacial score (nSPS) is 27.2. The van der Waals surface area contributed by atoms with Gasteiger partial charge in [0, 0.05) is 11.2 Å². The summed E-state index contributed by atoms with van der Waals surface area (Å²) in [6, 6.07) is 0. The van der Waals surface area contributed by atoms with Crippen LogP contribution in [0.25, 0.3) is 0 Å². The van der Waals surface area contributed by atoms with E-state index in [1.807, 2.05) is 0 Å². The van der Waals surface area contributed by atoms with Gasteiger partial charge in [-0.2, -0.15) is 0 Å². The minimum absolute atomic E-state index is 0.403. The van der Waals surface area contributed by atoms with E-state index in [4.69, 9.17) is 0 Å². The SMILES string of the molecule is CC(=O)C1CC1CCCCCBr. The van der Waals surface area contributed by atoms with E-state index in [1.54, 1.807) is 6.92 Å². The van der Waals surface area contributed by atoms with Crippen molar-refractivity contribution in [2.75, 3.05) is 5.33 Å². The van der Waals surface area contributed by atoms with Crippen LogP contribution < -0.4 is 0 Å². The van der Waals surface area contributed by atoms with Gasteiger partial charge in [-0.1, -0.05) is 28.8 Å². The molecular weight excluding hydrogens is 216 g/mol. The van der Waals surface area contributed by atoms with Gasteiger partial charge in [0.25, 0.3) is 0 Å². The maximum Gasteiger partial charge on any atom is 0.133 e. The number of carbonyl (C=O) groups excluding carboxylic acids is 1. The third-order valence-electron chi connectivity index (χ3n) is 2.65. The Bertz CT molecular complexity index is 156. The number of alkyl halides is 1. The first-order valence-corrected chi connectivity index (χ1v) is 5.94. The fraction of sp³-hybridized carbons (Fsp3) is 0.900. The highest BCUT2D eigenvalue weighted by molar-refractivity contribution is 9.09. The van der Waals surface area contributed by atoms with E-state index >= 15 is 0 Å². The molecule has 70 valence electrons. The van der Waals surface area contributed by atoms with Crippen molar-refractivity contribution >= 4 is 21.7 Å². The number of rotatable bonds is 6. The van der Waals surface area contributed by atoms with E-state index in [1.165, 1.54) is 32.1 Å². The maximum absolute atomic E-state index is 10.9. The molecule has 0 N–H and O–H groups in total. The van der Waals surface area contributed by atoms with Gasteiger partial charge in [-0.25, -0.2) is 0 Å². The predicted octanol–water partition coefficient (Wildman–Crippen LogP) is 3.17. The number of halogens is 1. The van der Waals surface area contributed by atoms with Gasteiger partial charge in [0.15, 0.2) is 0 Å². The van der Waals surface area contributed by atoms with Gasteiger partial charge >= 0.3 is 0 Å². The van der Waals surface area contributed by atoms with Crippen LogP contribution in [0.1, 0.15) is 39.0 Å². The molecule has 12 heavy (non-hydrogen) atoms. The molecule has 2 heteroatoms. The highest BCUT2D eigenvalue weighted by atomic mass is 79.9. The molecule has 1 aliphatic rings. The monoisotopic (exact) mass is 232 g/mol. The third-order valence-corrected chi connectivity index (χ3v) is 3.21. The molecule has 0 aromatic rings. The number of hydrogen-bond acceptors (Lipinski definition) is 1. The van der Waals surface area contributed by atoms with E-state index in [9.17, 15) is 4.79 Å². The molecule has 0 heterocycles. The lowest BCUT2D eigenvalue weighted by atomic mass is 10.1. The van der Waals surface area contributed by atoms with Crippen molar-refractivity contribution in [3.8, 4) is 0 Å². The van der Waals surface area contributed by atoms with Crippen molar-refractivity contribution in [2.24, 2.45) is 11.8 Å². The third kappa shape index (κ3) is 3.26. The smallest absolute Gasteiger partial charge is 0.133 e. The summed E-state index contributed by atoms with van der Waals surface area (Å²) in [6.45, 7) is 1.73. The second-order valence-corrected chi connectivity index (χ2v) is 4.54. The standard InChI is InChI=1S/C10H17BrO/c1-8(12)10-7-9(10)5-3-2-4-6-11/h9-10H,2-7H2,1H3. The molecule has 1 rings (SSSR count). The van der Waals surface area contributed by atoms with Crippen molar-refractivity contribution < 1.29 is 4.79 Å². The number of hydrogen-bond donors (Lipinski definition) is 0. The summed E-state index contributed by atoms with van der Waals surface area (Å²) in [6.07, 6.45) is 6.34. The molecule has 0 amide bonds. The van der Waals surface area contributed by atoms with E-state index in [0.717, 1.165) is 11.2 Å². The lowest BCUT2D eigenvalue weighted by molar-refractivity contribution is -0.118. The molecule has 0 saturated heterocycles. The summed E-state index contributed by atoms with van der Waals surface area (Å²) in [5.74, 6) is 1.59. The average Bonchev–Trinajstić information content (AvgIpc) is 2.77. The Hall–Kier alpha value is 0.150. The quantitative estimate of drug-likeness (QED) is 0.508. The summed E-state index contributed by atoms with van der Waals surface area (Å²) >= 11 is 3.41. The predicted molar refractivity (Wildman–Crippen MR) is 54.5 cm³/mol. The molecule has 0 bridgehead atoms. The molecule has 0 aliphatic heterocycles. The van der Waals surface area contributed by atoms with Crippen molar-refractivity contribution in [1.82, 2.24) is 0 Å². The van der Waals surface area contributed by atoms with Crippen LogP contribution in [0.15, 0.2) is 0 Å². The molecule has 2 unspecified atom stereocenters. The highest BCUT2D eigenvalue weighted by Gasteiger charge is 2.39. The number of unbranched alkanes of at least 4 members (excludes halogenated alkanes) is 2. The van der Waals surface area contributed by atoms with Gasteiger partial charge in [-0.15, -0.1) is 0 Å². The second-order valence-electron chi connectivity index (χ2n) is 3.75. The van der Waals surface area contributed by atoms with Crippen molar-refractivity contribution in [2.45, 2.75) is 39.0 Å². The van der Waals surface area contributed by atoms with E-state index in [2.05, 4.69) is 15.9 Å². The lowest BCUT2D eigenvalue weighted by Crippen LogP contribution is -1.95. The Balaban J connectivity index is 1.93. The molecule has 0 aromatic heterocycles. The Morgan fingerprint density at radius 1 is 1.42 bits per heavy atom. The van der Waals surface area contributed by atoms with E-state index in [0.29, 0.717) is 11.7 Å². The van der Waals surface area contributed by atoms with Crippen molar-refractivity contribution in [1.29, 1.82) is 0 Å². The zero-order chi connectivity index (χ0) is 8.97. The van der Waals surface area contributed by atoms with Gasteiger partial charge in [0.2, 0.25) is 0 Å². The van der Waals surface area contributed by atoms with E-state index in [-0.39, 0.29) is 0 Å². The van der Waals surface area contributed by atoms with Crippen LogP contribution in [-0.4, -0.2) is 11.1 Å². The van der Waals surface area contributed by atoms with Gasteiger partial charge in [0.1, 0.15) is 5.78 Å². The van der Waals surface area contributed by atoms with Gasteiger partial charge in [0.05, 0.1) is 0 Å². The van der Waals surface area contributed by atoms with Gasteiger partial charge < -0.3 is 0 Å². The maximum atomic E-state index is 10.9. The average molecular weight is 233 g/mol. The highest BCUT2D eigenvalue weighted by Crippen LogP contribution is 2.42. The molecule has 1 nitrogen and oxygen atoms in total. The molecule has 1 saturated carbocycles. The minimum Gasteiger partial charge on any atom is -0.300 e. The summed E-state index contributed by atoms with van der Waals surface area (Å²) < 4.78 is 0. The summed E-state index contributed by atoms with van der Waals surface area (Å²) in [5.41, 5.74) is 0. The zero-order valence-corrected chi connectivity index (χ0v) is 9.27. The van der Waals surface area contributed by atoms with E-state index < -0.39 is 0 Å². The molecule has 0 radical (unpaired) electrons. The first-order valence-electron chi connectivity index (χ1n) is 4.82. The van der Waals surface area contributed by atoms with Crippen molar-refractivity contribution in [3.63, 3.8) is 0 Å². The Labute approximate surface area is 83.0 Å². The lowest BCUT2D eigenvalue weighted by Gasteiger charge is -1.97. The molecule has 0 aromatic carbocycles. The topological polar surface area (TPSA) is 17.1 Å². The number of carbonyl (C=O) groups is 1. The largest absolute Gasteiger partial charge is 0.300 e. The molecule has 1 fully saturated rings. The Kier molecular flexibility index (Phi) is 4.27. The molecule has 2 atom stereocenters. The van der Waals surface area contributed by atoms with Crippen LogP contribution in [0.3, 0.4) is 0 Å². The number of ketones is 1. The zero-order valence-electron chi connectivity index (χ0n) is 7.68. The Morgan fingerprint density at radius 3 is 2.67 bits per heavy atom. The van der Waals surface area contributed by atoms with Crippen LogP contribution in [0.2, 0.25) is 0 Å². The van der Waals surface area contributed by atoms with Gasteiger partial charge in [-0.3, -0.25) is 4.79 Å². The fourth-order valence-electron chi connectivity index (χ4n) is 1.74. The molecule has 0 spiro atoms. The molecular formula is C10H17BrO. The second kappa shape index (κ2) is 5.00.